The average Bonchev–Trinajstić information content (AvgIpc) is 2.55. The Balaban J connectivity index is 2.65. The summed E-state index contributed by atoms with van der Waals surface area (Å²) in [5.41, 5.74) is 2.56. The van der Waals surface area contributed by atoms with Crippen LogP contribution in [-0.4, -0.2) is 11.6 Å². The molecule has 0 bridgehead atoms. The maximum atomic E-state index is 6.01. The highest BCUT2D eigenvalue weighted by molar-refractivity contribution is 6.31. The summed E-state index contributed by atoms with van der Waals surface area (Å²) in [5, 5.41) is 5.21. The van der Waals surface area contributed by atoms with E-state index in [9.17, 15) is 0 Å². The Morgan fingerprint density at radius 2 is 2.06 bits per heavy atom. The first-order chi connectivity index (χ1) is 7.63. The Bertz CT molecular complexity index is 500. The molecule has 86 valence electrons. The summed E-state index contributed by atoms with van der Waals surface area (Å²) in [6.07, 6.45) is 0. The van der Waals surface area contributed by atoms with E-state index in [1.165, 1.54) is 16.6 Å². The Labute approximate surface area is 101 Å². The molecule has 0 unspecified atom stereocenters. The van der Waals surface area contributed by atoms with Crippen LogP contribution in [0.25, 0.3) is 10.9 Å². The number of hydrogen-bond acceptors (Lipinski definition) is 1. The minimum absolute atomic E-state index is 0.460. The predicted molar refractivity (Wildman–Crippen MR) is 70.1 cm³/mol. The number of benzene rings is 1. The van der Waals surface area contributed by atoms with E-state index in [4.69, 9.17) is 11.6 Å². The molecule has 0 aliphatic heterocycles. The summed E-state index contributed by atoms with van der Waals surface area (Å²) in [5.74, 6) is 0. The lowest BCUT2D eigenvalue weighted by Crippen LogP contribution is -2.12. The van der Waals surface area contributed by atoms with Crippen LogP contribution < -0.4 is 5.32 Å². The van der Waals surface area contributed by atoms with Gasteiger partial charge in [-0.1, -0.05) is 11.6 Å². The van der Waals surface area contributed by atoms with E-state index in [0.29, 0.717) is 6.04 Å². The van der Waals surface area contributed by atoms with Crippen molar-refractivity contribution in [2.75, 3.05) is 7.05 Å². The molecule has 3 heteroatoms. The van der Waals surface area contributed by atoms with Crippen LogP contribution in [0.15, 0.2) is 24.3 Å². The van der Waals surface area contributed by atoms with E-state index in [-0.39, 0.29) is 0 Å². The maximum absolute atomic E-state index is 6.01. The van der Waals surface area contributed by atoms with E-state index in [1.807, 2.05) is 19.2 Å². The SMILES string of the molecule is CNCc1cc2cc(Cl)ccc2n1C(C)C. The lowest BCUT2D eigenvalue weighted by atomic mass is 10.2. The number of rotatable bonds is 3. The van der Waals surface area contributed by atoms with Gasteiger partial charge < -0.3 is 9.88 Å². The minimum atomic E-state index is 0.460. The fourth-order valence-electron chi connectivity index (χ4n) is 2.19. The Hall–Kier alpha value is -0.990. The third-order valence-corrected chi connectivity index (χ3v) is 2.99. The van der Waals surface area contributed by atoms with E-state index in [1.54, 1.807) is 0 Å². The number of nitrogens with one attached hydrogen (secondary N) is 1. The Kier molecular flexibility index (Phi) is 3.22. The summed E-state index contributed by atoms with van der Waals surface area (Å²) in [6.45, 7) is 5.28. The molecule has 1 aromatic carbocycles. The molecule has 1 N–H and O–H groups in total. The third-order valence-electron chi connectivity index (χ3n) is 2.75. The maximum Gasteiger partial charge on any atom is 0.0486 e. The monoisotopic (exact) mass is 236 g/mol. The second-order valence-corrected chi connectivity index (χ2v) is 4.77. The summed E-state index contributed by atoms with van der Waals surface area (Å²) in [6, 6.07) is 8.73. The van der Waals surface area contributed by atoms with Crippen LogP contribution in [0, 0.1) is 0 Å². The molecule has 0 atom stereocenters. The van der Waals surface area contributed by atoms with Crippen LogP contribution in [0.5, 0.6) is 0 Å². The van der Waals surface area contributed by atoms with Gasteiger partial charge in [-0.15, -0.1) is 0 Å². The van der Waals surface area contributed by atoms with Crippen molar-refractivity contribution in [3.05, 3.63) is 35.0 Å². The molecule has 0 spiro atoms. The normalized spacial score (nSPS) is 11.6. The first kappa shape index (κ1) is 11.5. The van der Waals surface area contributed by atoms with Crippen LogP contribution >= 0.6 is 11.6 Å². The lowest BCUT2D eigenvalue weighted by Gasteiger charge is -2.14. The third kappa shape index (κ3) is 1.95. The van der Waals surface area contributed by atoms with Gasteiger partial charge in [-0.2, -0.15) is 0 Å². The van der Waals surface area contributed by atoms with Gasteiger partial charge in [0, 0.05) is 34.2 Å². The molecule has 0 saturated heterocycles. The summed E-state index contributed by atoms with van der Waals surface area (Å²) >= 11 is 6.01. The quantitative estimate of drug-likeness (QED) is 0.862. The first-order valence-corrected chi connectivity index (χ1v) is 5.95. The van der Waals surface area contributed by atoms with Crippen molar-refractivity contribution in [3.63, 3.8) is 0 Å². The minimum Gasteiger partial charge on any atom is -0.341 e. The number of hydrogen-bond donors (Lipinski definition) is 1. The largest absolute Gasteiger partial charge is 0.341 e. The molecule has 2 rings (SSSR count). The van der Waals surface area contributed by atoms with Crippen LogP contribution in [0.2, 0.25) is 5.02 Å². The second-order valence-electron chi connectivity index (χ2n) is 4.33. The van der Waals surface area contributed by atoms with Crippen LogP contribution in [0.1, 0.15) is 25.6 Å². The second kappa shape index (κ2) is 4.48. The lowest BCUT2D eigenvalue weighted by molar-refractivity contribution is 0.581. The average molecular weight is 237 g/mol. The number of nitrogens with zero attached hydrogens (tertiary/aromatic N) is 1. The highest BCUT2D eigenvalue weighted by Gasteiger charge is 2.10. The zero-order chi connectivity index (χ0) is 11.7. The Morgan fingerprint density at radius 3 is 2.69 bits per heavy atom. The van der Waals surface area contributed by atoms with Crippen molar-refractivity contribution >= 4 is 22.5 Å². The molecule has 0 amide bonds. The number of aromatic nitrogens is 1. The zero-order valence-electron chi connectivity index (χ0n) is 9.92. The van der Waals surface area contributed by atoms with Gasteiger partial charge in [-0.25, -0.2) is 0 Å². The van der Waals surface area contributed by atoms with Crippen molar-refractivity contribution in [2.24, 2.45) is 0 Å². The Morgan fingerprint density at radius 1 is 1.31 bits per heavy atom. The molecule has 1 heterocycles. The van der Waals surface area contributed by atoms with E-state index < -0.39 is 0 Å². The molecule has 0 radical (unpaired) electrons. The van der Waals surface area contributed by atoms with Gasteiger partial charge in [0.05, 0.1) is 0 Å². The van der Waals surface area contributed by atoms with Gasteiger partial charge in [0.1, 0.15) is 0 Å². The van der Waals surface area contributed by atoms with Crippen LogP contribution in [0.3, 0.4) is 0 Å². The van der Waals surface area contributed by atoms with E-state index >= 15 is 0 Å². The van der Waals surface area contributed by atoms with Gasteiger partial charge in [-0.3, -0.25) is 0 Å². The van der Waals surface area contributed by atoms with Gasteiger partial charge in [0.2, 0.25) is 0 Å². The number of fused-ring (bicyclic) bond motifs is 1. The predicted octanol–water partition coefficient (Wildman–Crippen LogP) is 3.60. The highest BCUT2D eigenvalue weighted by Crippen LogP contribution is 2.26. The van der Waals surface area contributed by atoms with Crippen LogP contribution in [0.4, 0.5) is 0 Å². The van der Waals surface area contributed by atoms with Gasteiger partial charge in [0.25, 0.3) is 0 Å². The summed E-state index contributed by atoms with van der Waals surface area (Å²) in [7, 11) is 1.97. The van der Waals surface area contributed by atoms with Gasteiger partial charge in [0.15, 0.2) is 0 Å². The molecule has 0 aliphatic carbocycles. The van der Waals surface area contributed by atoms with Crippen molar-refractivity contribution in [2.45, 2.75) is 26.4 Å². The molecule has 1 aromatic heterocycles. The fraction of sp³-hybridized carbons (Fsp3) is 0.385. The molecule has 0 aliphatic rings. The van der Waals surface area contributed by atoms with Crippen molar-refractivity contribution in [1.82, 2.24) is 9.88 Å². The standard InChI is InChI=1S/C13H17ClN2/c1-9(2)16-12(8-15-3)7-10-6-11(14)4-5-13(10)16/h4-7,9,15H,8H2,1-3H3. The molecular weight excluding hydrogens is 220 g/mol. The summed E-state index contributed by atoms with van der Waals surface area (Å²) < 4.78 is 2.35. The summed E-state index contributed by atoms with van der Waals surface area (Å²) in [4.78, 5) is 0. The molecule has 16 heavy (non-hydrogen) atoms. The van der Waals surface area contributed by atoms with E-state index in [0.717, 1.165) is 11.6 Å². The fourth-order valence-corrected chi connectivity index (χ4v) is 2.37. The highest BCUT2D eigenvalue weighted by atomic mass is 35.5. The molecule has 0 fully saturated rings. The molecule has 0 saturated carbocycles. The van der Waals surface area contributed by atoms with E-state index in [2.05, 4.69) is 35.9 Å². The number of halogens is 1. The molecule has 2 nitrogen and oxygen atoms in total. The topological polar surface area (TPSA) is 17.0 Å². The zero-order valence-corrected chi connectivity index (χ0v) is 10.7. The molecular formula is C13H17ClN2. The van der Waals surface area contributed by atoms with Gasteiger partial charge >= 0.3 is 0 Å². The van der Waals surface area contributed by atoms with Crippen molar-refractivity contribution < 1.29 is 0 Å². The van der Waals surface area contributed by atoms with Gasteiger partial charge in [-0.05, 0) is 45.2 Å². The van der Waals surface area contributed by atoms with Crippen LogP contribution in [-0.2, 0) is 6.54 Å². The first-order valence-electron chi connectivity index (χ1n) is 5.57. The van der Waals surface area contributed by atoms with Crippen molar-refractivity contribution in [1.29, 1.82) is 0 Å². The molecule has 2 aromatic rings. The smallest absolute Gasteiger partial charge is 0.0486 e. The van der Waals surface area contributed by atoms with Crippen molar-refractivity contribution in [3.8, 4) is 0 Å².